The molecule has 2 aromatic rings. The molecule has 31 heavy (non-hydrogen) atoms. The molecule has 0 amide bonds. The minimum absolute atomic E-state index is 0.0820. The predicted molar refractivity (Wildman–Crippen MR) is 112 cm³/mol. The zero-order valence-corrected chi connectivity index (χ0v) is 18.3. The van der Waals surface area contributed by atoms with Gasteiger partial charge in [0, 0.05) is 29.4 Å². The number of hydrogen-bond acceptors (Lipinski definition) is 6. The van der Waals surface area contributed by atoms with Gasteiger partial charge in [-0.3, -0.25) is 4.68 Å². The van der Waals surface area contributed by atoms with Gasteiger partial charge in [0.1, 0.15) is 0 Å². The molecular formula is C22H30F2N4O3. The van der Waals surface area contributed by atoms with Gasteiger partial charge in [0.05, 0.1) is 24.0 Å². The molecule has 7 nitrogen and oxygen atoms in total. The number of pyridine rings is 1. The van der Waals surface area contributed by atoms with Crippen molar-refractivity contribution in [3.8, 4) is 17.0 Å². The molecule has 3 N–H and O–H groups in total. The summed E-state index contributed by atoms with van der Waals surface area (Å²) in [5, 5.41) is 14.6. The van der Waals surface area contributed by atoms with Gasteiger partial charge in [-0.1, -0.05) is 0 Å². The van der Waals surface area contributed by atoms with Gasteiger partial charge in [0.15, 0.2) is 11.6 Å². The van der Waals surface area contributed by atoms with Gasteiger partial charge < -0.3 is 20.3 Å². The molecule has 0 spiro atoms. The summed E-state index contributed by atoms with van der Waals surface area (Å²) >= 11 is 0. The molecule has 2 heterocycles. The van der Waals surface area contributed by atoms with Gasteiger partial charge >= 0.3 is 6.61 Å². The standard InChI is InChI=1S/C22H30F2N4O3/c1-11(2)28-17(19-14-6-13(7-15(14)19)30-10-22(3,4)29)8-16(27-28)12-5-18(31-21(23)24)20(25)26-9-12/h5,8-9,11,13-15,19,21,29H,6-7,10H2,1-4H3,(H2,25,26)/t13-,14-,15+,19+. The van der Waals surface area contributed by atoms with E-state index < -0.39 is 12.2 Å². The molecule has 2 aliphatic carbocycles. The van der Waals surface area contributed by atoms with E-state index in [1.807, 2.05) is 10.7 Å². The Kier molecular flexibility index (Phi) is 5.68. The van der Waals surface area contributed by atoms with Gasteiger partial charge in [-0.25, -0.2) is 4.98 Å². The number of aliphatic hydroxyl groups is 1. The van der Waals surface area contributed by atoms with E-state index in [-0.39, 0.29) is 23.7 Å². The first-order valence-corrected chi connectivity index (χ1v) is 10.7. The lowest BCUT2D eigenvalue weighted by atomic mass is 10.0. The van der Waals surface area contributed by atoms with Gasteiger partial charge in [0.25, 0.3) is 0 Å². The molecular weight excluding hydrogens is 406 g/mol. The summed E-state index contributed by atoms with van der Waals surface area (Å²) in [6.07, 6.45) is 3.65. The Labute approximate surface area is 180 Å². The van der Waals surface area contributed by atoms with Crippen molar-refractivity contribution in [1.29, 1.82) is 0 Å². The molecule has 0 radical (unpaired) electrons. The molecule has 2 fully saturated rings. The average molecular weight is 437 g/mol. The molecule has 9 heteroatoms. The third-order valence-electron chi connectivity index (χ3n) is 6.06. The zero-order chi connectivity index (χ0) is 22.5. The number of halogens is 2. The highest BCUT2D eigenvalue weighted by Crippen LogP contribution is 2.64. The van der Waals surface area contributed by atoms with Crippen LogP contribution in [0.2, 0.25) is 0 Å². The van der Waals surface area contributed by atoms with Crippen LogP contribution < -0.4 is 10.5 Å². The Morgan fingerprint density at radius 2 is 1.94 bits per heavy atom. The van der Waals surface area contributed by atoms with Crippen LogP contribution in [0.1, 0.15) is 58.2 Å². The van der Waals surface area contributed by atoms with E-state index in [0.717, 1.165) is 18.5 Å². The third-order valence-corrected chi connectivity index (χ3v) is 6.06. The van der Waals surface area contributed by atoms with Gasteiger partial charge in [-0.2, -0.15) is 13.9 Å². The topological polar surface area (TPSA) is 95.4 Å². The summed E-state index contributed by atoms with van der Waals surface area (Å²) in [5.74, 6) is 1.25. The van der Waals surface area contributed by atoms with Crippen LogP contribution in [0.15, 0.2) is 18.3 Å². The minimum Gasteiger partial charge on any atom is -0.431 e. The van der Waals surface area contributed by atoms with Crippen molar-refractivity contribution < 1.29 is 23.4 Å². The Morgan fingerprint density at radius 1 is 1.26 bits per heavy atom. The largest absolute Gasteiger partial charge is 0.431 e. The highest BCUT2D eigenvalue weighted by Gasteiger charge is 2.58. The summed E-state index contributed by atoms with van der Waals surface area (Å²) in [4.78, 5) is 3.99. The second-order valence-electron chi connectivity index (χ2n) is 9.55. The number of nitrogens with zero attached hydrogens (tertiary/aromatic N) is 3. The van der Waals surface area contributed by atoms with Gasteiger partial charge in [0.2, 0.25) is 0 Å². The smallest absolute Gasteiger partial charge is 0.387 e. The molecule has 2 saturated carbocycles. The van der Waals surface area contributed by atoms with Crippen LogP contribution in [0.25, 0.3) is 11.3 Å². The van der Waals surface area contributed by atoms with Crippen molar-refractivity contribution in [3.63, 3.8) is 0 Å². The number of hydrogen-bond donors (Lipinski definition) is 2. The maximum absolute atomic E-state index is 12.7. The molecule has 0 aliphatic heterocycles. The Balaban J connectivity index is 1.52. The lowest BCUT2D eigenvalue weighted by Crippen LogP contribution is -2.29. The quantitative estimate of drug-likeness (QED) is 0.650. The lowest BCUT2D eigenvalue weighted by Gasteiger charge is -2.22. The average Bonchev–Trinajstić information content (AvgIpc) is 3.04. The normalized spacial score (nSPS) is 25.3. The maximum Gasteiger partial charge on any atom is 0.387 e. The van der Waals surface area contributed by atoms with Crippen molar-refractivity contribution >= 4 is 5.82 Å². The van der Waals surface area contributed by atoms with E-state index in [1.165, 1.54) is 12.3 Å². The van der Waals surface area contributed by atoms with E-state index in [0.29, 0.717) is 35.6 Å². The van der Waals surface area contributed by atoms with E-state index >= 15 is 0 Å². The number of nitrogens with two attached hydrogens (primary N) is 1. The number of nitrogen functional groups attached to an aromatic ring is 1. The third kappa shape index (κ3) is 4.67. The first-order chi connectivity index (χ1) is 14.5. The molecule has 2 aliphatic rings. The Bertz CT molecular complexity index is 929. The second-order valence-corrected chi connectivity index (χ2v) is 9.55. The molecule has 0 saturated heterocycles. The number of anilines is 1. The summed E-state index contributed by atoms with van der Waals surface area (Å²) < 4.78 is 37.7. The first kappa shape index (κ1) is 22.0. The summed E-state index contributed by atoms with van der Waals surface area (Å²) in [6, 6.07) is 3.64. The van der Waals surface area contributed by atoms with E-state index in [1.54, 1.807) is 13.8 Å². The van der Waals surface area contributed by atoms with Crippen LogP contribution in [-0.4, -0.2) is 44.8 Å². The first-order valence-electron chi connectivity index (χ1n) is 10.7. The number of fused-ring (bicyclic) bond motifs is 1. The molecule has 0 aromatic carbocycles. The molecule has 4 atom stereocenters. The zero-order valence-electron chi connectivity index (χ0n) is 18.3. The summed E-state index contributed by atoms with van der Waals surface area (Å²) in [7, 11) is 0. The Morgan fingerprint density at radius 3 is 2.52 bits per heavy atom. The SMILES string of the molecule is CC(C)n1nc(-c2cnc(N)c(OC(F)F)c2)cc1[C@H]1[C@@H]2C[C@@H](OCC(C)(C)O)C[C@@H]21. The second kappa shape index (κ2) is 8.02. The van der Waals surface area contributed by atoms with Crippen LogP contribution in [-0.2, 0) is 4.74 Å². The van der Waals surface area contributed by atoms with Crippen LogP contribution in [0, 0.1) is 11.8 Å². The van der Waals surface area contributed by atoms with Crippen molar-refractivity contribution in [2.24, 2.45) is 11.8 Å². The number of ether oxygens (including phenoxy) is 2. The van der Waals surface area contributed by atoms with E-state index in [9.17, 15) is 13.9 Å². The molecule has 4 rings (SSSR count). The van der Waals surface area contributed by atoms with Crippen molar-refractivity contribution in [1.82, 2.24) is 14.8 Å². The molecule has 2 aromatic heterocycles. The van der Waals surface area contributed by atoms with Crippen LogP contribution in [0.4, 0.5) is 14.6 Å². The fourth-order valence-electron chi connectivity index (χ4n) is 4.69. The molecule has 0 bridgehead atoms. The van der Waals surface area contributed by atoms with Gasteiger partial charge in [-0.15, -0.1) is 0 Å². The van der Waals surface area contributed by atoms with Crippen LogP contribution in [0.3, 0.4) is 0 Å². The van der Waals surface area contributed by atoms with Crippen molar-refractivity contribution in [3.05, 3.63) is 24.0 Å². The molecule has 170 valence electrons. The predicted octanol–water partition coefficient (Wildman–Crippen LogP) is 3.99. The molecule has 0 unspecified atom stereocenters. The highest BCUT2D eigenvalue weighted by atomic mass is 19.3. The van der Waals surface area contributed by atoms with E-state index in [4.69, 9.17) is 15.6 Å². The van der Waals surface area contributed by atoms with Crippen LogP contribution in [0.5, 0.6) is 5.75 Å². The maximum atomic E-state index is 12.7. The van der Waals surface area contributed by atoms with Gasteiger partial charge in [-0.05, 0) is 64.5 Å². The monoisotopic (exact) mass is 436 g/mol. The number of rotatable bonds is 8. The number of aromatic nitrogens is 3. The summed E-state index contributed by atoms with van der Waals surface area (Å²) in [6.45, 7) is 5.00. The fourth-order valence-corrected chi connectivity index (χ4v) is 4.69. The van der Waals surface area contributed by atoms with Crippen molar-refractivity contribution in [2.75, 3.05) is 12.3 Å². The fraction of sp³-hybridized carbons (Fsp3) is 0.636. The lowest BCUT2D eigenvalue weighted by molar-refractivity contribution is -0.0543. The van der Waals surface area contributed by atoms with E-state index in [2.05, 4.69) is 23.6 Å². The Hall–Kier alpha value is -2.26. The summed E-state index contributed by atoms with van der Waals surface area (Å²) in [5.41, 5.74) is 7.23. The van der Waals surface area contributed by atoms with Crippen molar-refractivity contribution in [2.45, 2.75) is 70.8 Å². The minimum atomic E-state index is -2.97. The number of alkyl halides is 2. The highest BCUT2D eigenvalue weighted by molar-refractivity contribution is 5.64. The van der Waals surface area contributed by atoms with Crippen LogP contribution >= 0.6 is 0 Å².